The Balaban J connectivity index is 2.62. The molecule has 0 aromatic carbocycles. The minimum Gasteiger partial charge on any atom is -0.293 e. The molecule has 1 atom stereocenters. The quantitative estimate of drug-likeness (QED) is 0.687. The largest absolute Gasteiger partial charge is 0.293 e. The second-order valence-corrected chi connectivity index (χ2v) is 4.84. The minimum absolute atomic E-state index is 0.147. The van der Waals surface area contributed by atoms with Crippen molar-refractivity contribution in [3.8, 4) is 0 Å². The normalized spacial score (nSPS) is 23.2. The third kappa shape index (κ3) is 4.08. The predicted octanol–water partition coefficient (Wildman–Crippen LogP) is 2.47. The van der Waals surface area contributed by atoms with Gasteiger partial charge in [-0.15, -0.1) is 0 Å². The number of aliphatic imine (C=N–C) groups is 1. The third-order valence-corrected chi connectivity index (χ3v) is 3.50. The van der Waals surface area contributed by atoms with Crippen LogP contribution in [0.1, 0.15) is 40.0 Å². The fraction of sp³-hybridized carbons (Fsp3) is 0.714. The highest BCUT2D eigenvalue weighted by atomic mass is 16.1. The molecule has 1 saturated heterocycles. The van der Waals surface area contributed by atoms with Crippen LogP contribution in [0.4, 0.5) is 0 Å². The summed E-state index contributed by atoms with van der Waals surface area (Å²) < 4.78 is 0. The fourth-order valence-corrected chi connectivity index (χ4v) is 2.10. The Hall–Kier alpha value is -0.960. The van der Waals surface area contributed by atoms with Gasteiger partial charge < -0.3 is 0 Å². The van der Waals surface area contributed by atoms with Crippen LogP contribution in [0.5, 0.6) is 0 Å². The summed E-state index contributed by atoms with van der Waals surface area (Å²) in [5.74, 6) is 0.147. The van der Waals surface area contributed by atoms with E-state index >= 15 is 0 Å². The molecule has 96 valence electrons. The van der Waals surface area contributed by atoms with Gasteiger partial charge in [0.1, 0.15) is 5.71 Å². The van der Waals surface area contributed by atoms with Gasteiger partial charge in [-0.2, -0.15) is 0 Å². The molecule has 0 radical (unpaired) electrons. The number of hydrogen-bond donors (Lipinski definition) is 0. The number of nitrogens with zero attached hydrogens (tertiary/aromatic N) is 2. The van der Waals surface area contributed by atoms with Crippen LogP contribution in [-0.4, -0.2) is 42.6 Å². The van der Waals surface area contributed by atoms with Crippen LogP contribution >= 0.6 is 0 Å². The molecule has 1 aliphatic rings. The number of carbonyl (C=O) groups excluding carboxylic acids is 1. The van der Waals surface area contributed by atoms with E-state index in [4.69, 9.17) is 0 Å². The number of allylic oxidation sites excluding steroid dienone is 2. The highest BCUT2D eigenvalue weighted by molar-refractivity contribution is 6.45. The van der Waals surface area contributed by atoms with Gasteiger partial charge in [-0.1, -0.05) is 12.5 Å². The van der Waals surface area contributed by atoms with Crippen molar-refractivity contribution >= 4 is 11.5 Å². The first-order chi connectivity index (χ1) is 8.08. The molecule has 0 N–H and O–H groups in total. The SMILES string of the molecule is CC/C(C)=C/C(=NC)C(=O)CN1CCCC1C. The van der Waals surface area contributed by atoms with E-state index < -0.39 is 0 Å². The van der Waals surface area contributed by atoms with Gasteiger partial charge >= 0.3 is 0 Å². The number of hydrogen-bond acceptors (Lipinski definition) is 3. The van der Waals surface area contributed by atoms with E-state index in [1.165, 1.54) is 18.4 Å². The lowest BCUT2D eigenvalue weighted by Gasteiger charge is -2.19. The van der Waals surface area contributed by atoms with E-state index in [0.29, 0.717) is 18.3 Å². The molecule has 3 nitrogen and oxygen atoms in total. The van der Waals surface area contributed by atoms with Crippen molar-refractivity contribution in [2.24, 2.45) is 4.99 Å². The second kappa shape index (κ2) is 6.70. The van der Waals surface area contributed by atoms with Gasteiger partial charge in [-0.05, 0) is 45.7 Å². The van der Waals surface area contributed by atoms with E-state index in [1.54, 1.807) is 7.05 Å². The summed E-state index contributed by atoms with van der Waals surface area (Å²) in [5, 5.41) is 0. The number of Topliss-reactive ketones (excluding diaryl/α,β-unsaturated/α-hetero) is 1. The standard InChI is InChI=1S/C14H24N2O/c1-5-11(2)9-13(15-4)14(17)10-16-8-6-7-12(16)3/h9,12H,5-8,10H2,1-4H3/b11-9+,15-13?. The molecular weight excluding hydrogens is 212 g/mol. The zero-order valence-corrected chi connectivity index (χ0v) is 11.5. The van der Waals surface area contributed by atoms with Gasteiger partial charge in [0.2, 0.25) is 0 Å². The van der Waals surface area contributed by atoms with Gasteiger partial charge in [-0.25, -0.2) is 0 Å². The molecular formula is C14H24N2O. The Bertz CT molecular complexity index is 331. The first-order valence-electron chi connectivity index (χ1n) is 6.49. The Kier molecular flexibility index (Phi) is 5.56. The Morgan fingerprint density at radius 1 is 1.53 bits per heavy atom. The Labute approximate surface area is 105 Å². The van der Waals surface area contributed by atoms with Gasteiger partial charge in [0, 0.05) is 13.1 Å². The highest BCUT2D eigenvalue weighted by Gasteiger charge is 2.23. The van der Waals surface area contributed by atoms with E-state index in [9.17, 15) is 4.79 Å². The summed E-state index contributed by atoms with van der Waals surface area (Å²) in [4.78, 5) is 18.5. The number of likely N-dealkylation sites (tertiary alicyclic amines) is 1. The fourth-order valence-electron chi connectivity index (χ4n) is 2.10. The monoisotopic (exact) mass is 236 g/mol. The first-order valence-corrected chi connectivity index (χ1v) is 6.49. The summed E-state index contributed by atoms with van der Waals surface area (Å²) in [7, 11) is 1.69. The van der Waals surface area contributed by atoms with Gasteiger partial charge in [0.25, 0.3) is 0 Å². The second-order valence-electron chi connectivity index (χ2n) is 4.84. The number of ketones is 1. The maximum Gasteiger partial charge on any atom is 0.194 e. The van der Waals surface area contributed by atoms with Crippen molar-refractivity contribution in [1.82, 2.24) is 4.90 Å². The van der Waals surface area contributed by atoms with Gasteiger partial charge in [0.15, 0.2) is 5.78 Å². The molecule has 17 heavy (non-hydrogen) atoms. The van der Waals surface area contributed by atoms with Crippen LogP contribution in [0.25, 0.3) is 0 Å². The van der Waals surface area contributed by atoms with Crippen molar-refractivity contribution in [3.05, 3.63) is 11.6 Å². The van der Waals surface area contributed by atoms with Crippen molar-refractivity contribution in [2.45, 2.75) is 46.1 Å². The molecule has 0 aliphatic carbocycles. The third-order valence-electron chi connectivity index (χ3n) is 3.50. The molecule has 1 aliphatic heterocycles. The lowest BCUT2D eigenvalue weighted by molar-refractivity contribution is -0.114. The first kappa shape index (κ1) is 14.1. The Morgan fingerprint density at radius 2 is 2.24 bits per heavy atom. The van der Waals surface area contributed by atoms with Crippen LogP contribution in [0, 0.1) is 0 Å². The average molecular weight is 236 g/mol. The molecule has 0 bridgehead atoms. The minimum atomic E-state index is 0.147. The van der Waals surface area contributed by atoms with Crippen LogP contribution in [-0.2, 0) is 4.79 Å². The molecule has 1 unspecified atom stereocenters. The average Bonchev–Trinajstić information content (AvgIpc) is 2.71. The van der Waals surface area contributed by atoms with Crippen LogP contribution in [0.3, 0.4) is 0 Å². The van der Waals surface area contributed by atoms with Crippen molar-refractivity contribution < 1.29 is 4.79 Å². The zero-order valence-electron chi connectivity index (χ0n) is 11.5. The van der Waals surface area contributed by atoms with Crippen molar-refractivity contribution in [1.29, 1.82) is 0 Å². The molecule has 0 aromatic rings. The van der Waals surface area contributed by atoms with Crippen molar-refractivity contribution in [2.75, 3.05) is 20.1 Å². The summed E-state index contributed by atoms with van der Waals surface area (Å²) in [5.41, 5.74) is 1.82. The van der Waals surface area contributed by atoms with Gasteiger partial charge in [0.05, 0.1) is 6.54 Å². The molecule has 1 rings (SSSR count). The topological polar surface area (TPSA) is 32.7 Å². The van der Waals surface area contributed by atoms with Crippen LogP contribution < -0.4 is 0 Å². The van der Waals surface area contributed by atoms with E-state index in [1.807, 2.05) is 13.0 Å². The summed E-state index contributed by atoms with van der Waals surface area (Å²) in [6.07, 6.45) is 5.29. The maximum absolute atomic E-state index is 12.1. The van der Waals surface area contributed by atoms with E-state index in [2.05, 4.69) is 23.7 Å². The highest BCUT2D eigenvalue weighted by Crippen LogP contribution is 2.15. The maximum atomic E-state index is 12.1. The lowest BCUT2D eigenvalue weighted by atomic mass is 10.1. The molecule has 1 heterocycles. The smallest absolute Gasteiger partial charge is 0.194 e. The van der Waals surface area contributed by atoms with Crippen molar-refractivity contribution in [3.63, 3.8) is 0 Å². The molecule has 0 amide bonds. The Morgan fingerprint density at radius 3 is 2.71 bits per heavy atom. The molecule has 1 fully saturated rings. The molecule has 0 spiro atoms. The van der Waals surface area contributed by atoms with Crippen LogP contribution in [0.2, 0.25) is 0 Å². The summed E-state index contributed by atoms with van der Waals surface area (Å²) in [6, 6.07) is 0.535. The predicted molar refractivity (Wildman–Crippen MR) is 72.7 cm³/mol. The number of rotatable bonds is 5. The number of carbonyl (C=O) groups is 1. The lowest BCUT2D eigenvalue weighted by Crippen LogP contribution is -2.35. The summed E-state index contributed by atoms with van der Waals surface area (Å²) in [6.45, 7) is 7.88. The summed E-state index contributed by atoms with van der Waals surface area (Å²) >= 11 is 0. The van der Waals surface area contributed by atoms with E-state index in [-0.39, 0.29) is 5.78 Å². The van der Waals surface area contributed by atoms with Gasteiger partial charge in [-0.3, -0.25) is 14.7 Å². The molecule has 3 heteroatoms. The molecule has 0 aromatic heterocycles. The molecule has 0 saturated carbocycles. The zero-order chi connectivity index (χ0) is 12.8. The van der Waals surface area contributed by atoms with Crippen LogP contribution in [0.15, 0.2) is 16.6 Å². The van der Waals surface area contributed by atoms with E-state index in [0.717, 1.165) is 13.0 Å².